The molecule has 1 atom stereocenters. The van der Waals surface area contributed by atoms with Crippen molar-refractivity contribution >= 4 is 17.0 Å². The van der Waals surface area contributed by atoms with E-state index in [1.807, 2.05) is 4.90 Å². The van der Waals surface area contributed by atoms with Crippen molar-refractivity contribution in [2.24, 2.45) is 0 Å². The normalized spacial score (nSPS) is 18.2. The summed E-state index contributed by atoms with van der Waals surface area (Å²) in [7, 11) is 0. The van der Waals surface area contributed by atoms with Crippen LogP contribution in [-0.2, 0) is 12.0 Å². The molecule has 1 aliphatic rings. The van der Waals surface area contributed by atoms with Gasteiger partial charge in [-0.05, 0) is 6.42 Å². The summed E-state index contributed by atoms with van der Waals surface area (Å²) in [6, 6.07) is 0. The van der Waals surface area contributed by atoms with E-state index >= 15 is 0 Å². The fraction of sp³-hybridized carbons (Fsp3) is 0.625. The van der Waals surface area contributed by atoms with E-state index in [-0.39, 0.29) is 18.1 Å². The number of rotatable bonds is 3. The van der Waals surface area contributed by atoms with Crippen molar-refractivity contribution in [3.8, 4) is 0 Å². The van der Waals surface area contributed by atoms with Crippen LogP contribution in [0, 0.1) is 6.92 Å². The summed E-state index contributed by atoms with van der Waals surface area (Å²) in [6.07, 6.45) is 0.362. The van der Waals surface area contributed by atoms with Crippen molar-refractivity contribution in [1.29, 1.82) is 0 Å². The molecule has 3 aromatic heterocycles. The first-order chi connectivity index (χ1) is 12.3. The molecule has 0 spiro atoms. The maximum Gasteiger partial charge on any atom is 0.239 e. The number of aliphatic hydroxyl groups excluding tert-OH is 1. The maximum atomic E-state index is 9.91. The zero-order chi connectivity index (χ0) is 18.5. The predicted octanol–water partition coefficient (Wildman–Crippen LogP) is 0.830. The largest absolute Gasteiger partial charge is 0.423 e. The lowest BCUT2D eigenvalue weighted by Crippen LogP contribution is -2.25. The number of aryl methyl sites for hydroxylation is 1. The van der Waals surface area contributed by atoms with Gasteiger partial charge in [0.2, 0.25) is 17.4 Å². The Morgan fingerprint density at radius 1 is 1.19 bits per heavy atom. The molecule has 0 unspecified atom stereocenters. The molecule has 26 heavy (non-hydrogen) atoms. The molecule has 0 amide bonds. The minimum atomic E-state index is -0.352. The molecule has 1 fully saturated rings. The molecule has 138 valence electrons. The molecule has 10 heteroatoms. The van der Waals surface area contributed by atoms with Crippen LogP contribution >= 0.6 is 0 Å². The van der Waals surface area contributed by atoms with Crippen LogP contribution in [0.15, 0.2) is 4.42 Å². The second-order valence-electron chi connectivity index (χ2n) is 7.63. The van der Waals surface area contributed by atoms with Crippen molar-refractivity contribution in [2.45, 2.75) is 52.2 Å². The first-order valence-corrected chi connectivity index (χ1v) is 8.65. The van der Waals surface area contributed by atoms with Crippen LogP contribution < -0.4 is 4.90 Å². The zero-order valence-electron chi connectivity index (χ0n) is 15.3. The molecule has 0 bridgehead atoms. The smallest absolute Gasteiger partial charge is 0.239 e. The van der Waals surface area contributed by atoms with E-state index in [1.54, 1.807) is 6.92 Å². The minimum absolute atomic E-state index is 0.228. The molecule has 4 heterocycles. The van der Waals surface area contributed by atoms with Crippen molar-refractivity contribution in [1.82, 2.24) is 35.2 Å². The third kappa shape index (κ3) is 3.12. The van der Waals surface area contributed by atoms with Crippen LogP contribution in [0.1, 0.15) is 44.8 Å². The predicted molar refractivity (Wildman–Crippen MR) is 92.8 cm³/mol. The second kappa shape index (κ2) is 5.97. The van der Waals surface area contributed by atoms with Gasteiger partial charge in [0, 0.05) is 25.4 Å². The number of fused-ring (bicyclic) bond motifs is 1. The molecular weight excluding hydrogens is 336 g/mol. The van der Waals surface area contributed by atoms with Gasteiger partial charge in [-0.1, -0.05) is 20.8 Å². The van der Waals surface area contributed by atoms with Crippen molar-refractivity contribution in [3.05, 3.63) is 17.6 Å². The van der Waals surface area contributed by atoms with Gasteiger partial charge >= 0.3 is 0 Å². The van der Waals surface area contributed by atoms with E-state index in [9.17, 15) is 5.11 Å². The standard InChI is InChI=1S/C16H22N8O2/c1-9-19-20-11(26-9)8-24-21-12-13(22-24)17-15(16(2,3)4)18-14(12)23-6-5-10(25)7-23/h10,25H,5-8H2,1-4H3/t10-/m0/s1. The average Bonchev–Trinajstić information content (AvgIpc) is 3.25. The number of hydrogen-bond acceptors (Lipinski definition) is 9. The van der Waals surface area contributed by atoms with Crippen LogP contribution in [0.4, 0.5) is 5.82 Å². The molecule has 0 radical (unpaired) electrons. The lowest BCUT2D eigenvalue weighted by Gasteiger charge is -2.21. The highest BCUT2D eigenvalue weighted by atomic mass is 16.4. The first kappa shape index (κ1) is 16.8. The highest BCUT2D eigenvalue weighted by molar-refractivity contribution is 5.82. The number of β-amino-alcohol motifs (C(OH)–C–C–N with tert-alkyl or cyclic N) is 1. The highest BCUT2D eigenvalue weighted by Crippen LogP contribution is 2.28. The van der Waals surface area contributed by atoms with Crippen LogP contribution in [0.3, 0.4) is 0 Å². The Kier molecular flexibility index (Phi) is 3.87. The number of aromatic nitrogens is 7. The Morgan fingerprint density at radius 3 is 2.62 bits per heavy atom. The molecule has 10 nitrogen and oxygen atoms in total. The van der Waals surface area contributed by atoms with Gasteiger partial charge < -0.3 is 14.4 Å². The van der Waals surface area contributed by atoms with Crippen molar-refractivity contribution in [2.75, 3.05) is 18.0 Å². The third-order valence-corrected chi connectivity index (χ3v) is 4.25. The highest BCUT2D eigenvalue weighted by Gasteiger charge is 2.28. The summed E-state index contributed by atoms with van der Waals surface area (Å²) in [4.78, 5) is 12.9. The average molecular weight is 358 g/mol. The van der Waals surface area contributed by atoms with Crippen LogP contribution in [0.2, 0.25) is 0 Å². The van der Waals surface area contributed by atoms with Gasteiger partial charge in [0.05, 0.1) is 6.10 Å². The van der Waals surface area contributed by atoms with Crippen LogP contribution in [0.5, 0.6) is 0 Å². The maximum absolute atomic E-state index is 9.91. The van der Waals surface area contributed by atoms with Crippen LogP contribution in [-0.4, -0.2) is 59.5 Å². The number of nitrogens with zero attached hydrogens (tertiary/aromatic N) is 8. The van der Waals surface area contributed by atoms with Gasteiger partial charge in [-0.15, -0.1) is 20.4 Å². The number of anilines is 1. The molecule has 1 N–H and O–H groups in total. The third-order valence-electron chi connectivity index (χ3n) is 4.25. The number of hydrogen-bond donors (Lipinski definition) is 1. The monoisotopic (exact) mass is 358 g/mol. The van der Waals surface area contributed by atoms with Gasteiger partial charge in [0.25, 0.3) is 0 Å². The summed E-state index contributed by atoms with van der Waals surface area (Å²) in [5.74, 6) is 2.34. The van der Waals surface area contributed by atoms with E-state index < -0.39 is 0 Å². The fourth-order valence-corrected chi connectivity index (χ4v) is 2.92. The second-order valence-corrected chi connectivity index (χ2v) is 7.63. The Hall–Kier alpha value is -2.62. The van der Waals surface area contributed by atoms with E-state index in [1.165, 1.54) is 4.80 Å². The van der Waals surface area contributed by atoms with Gasteiger partial charge in [0.15, 0.2) is 11.3 Å². The van der Waals surface area contributed by atoms with E-state index in [0.717, 1.165) is 6.54 Å². The molecule has 1 aliphatic heterocycles. The lowest BCUT2D eigenvalue weighted by molar-refractivity contribution is 0.198. The van der Waals surface area contributed by atoms with Crippen molar-refractivity contribution < 1.29 is 9.52 Å². The van der Waals surface area contributed by atoms with Gasteiger partial charge in [-0.2, -0.15) is 4.80 Å². The summed E-state index contributed by atoms with van der Waals surface area (Å²) in [6.45, 7) is 9.44. The van der Waals surface area contributed by atoms with Crippen LogP contribution in [0.25, 0.3) is 11.2 Å². The van der Waals surface area contributed by atoms with E-state index in [0.29, 0.717) is 47.6 Å². The lowest BCUT2D eigenvalue weighted by atomic mass is 9.96. The molecule has 0 saturated carbocycles. The summed E-state index contributed by atoms with van der Waals surface area (Å²) >= 11 is 0. The summed E-state index contributed by atoms with van der Waals surface area (Å²) < 4.78 is 5.40. The molecule has 4 rings (SSSR count). The molecular formula is C16H22N8O2. The first-order valence-electron chi connectivity index (χ1n) is 8.65. The van der Waals surface area contributed by atoms with Gasteiger partial charge in [-0.3, -0.25) is 0 Å². The van der Waals surface area contributed by atoms with E-state index in [2.05, 4.69) is 46.1 Å². The van der Waals surface area contributed by atoms with Crippen molar-refractivity contribution in [3.63, 3.8) is 0 Å². The summed E-state index contributed by atoms with van der Waals surface area (Å²) in [5.41, 5.74) is 0.912. The quantitative estimate of drug-likeness (QED) is 0.726. The summed E-state index contributed by atoms with van der Waals surface area (Å²) in [5, 5.41) is 26.7. The van der Waals surface area contributed by atoms with Gasteiger partial charge in [0.1, 0.15) is 12.4 Å². The molecule has 3 aromatic rings. The minimum Gasteiger partial charge on any atom is -0.423 e. The topological polar surface area (TPSA) is 119 Å². The van der Waals surface area contributed by atoms with Gasteiger partial charge in [-0.25, -0.2) is 9.97 Å². The molecule has 0 aromatic carbocycles. The Bertz CT molecular complexity index is 942. The zero-order valence-corrected chi connectivity index (χ0v) is 15.3. The molecule has 1 saturated heterocycles. The Morgan fingerprint density at radius 2 is 2.00 bits per heavy atom. The van der Waals surface area contributed by atoms with E-state index in [4.69, 9.17) is 9.40 Å². The Balaban J connectivity index is 1.78. The SMILES string of the molecule is Cc1nnc(Cn2nc3nc(C(C)(C)C)nc(N4CC[C@H](O)C4)c3n2)o1. The fourth-order valence-electron chi connectivity index (χ4n) is 2.92. The molecule has 0 aliphatic carbocycles. The Labute approximate surface area is 150 Å². The number of aliphatic hydroxyl groups is 1.